The third kappa shape index (κ3) is 1.73. The minimum Gasteiger partial charge on any atom is -0.326 e. The van der Waals surface area contributed by atoms with Gasteiger partial charge in [0.15, 0.2) is 0 Å². The molecule has 1 aromatic rings. The molecule has 2 N–H and O–H groups in total. The average molecular weight is 259 g/mol. The maximum absolute atomic E-state index is 12.4. The maximum Gasteiger partial charge on any atom is 0.332 e. The first-order valence-electron chi connectivity index (χ1n) is 6.57. The zero-order chi connectivity index (χ0) is 13.6. The summed E-state index contributed by atoms with van der Waals surface area (Å²) in [6.07, 6.45) is 0.905. The van der Waals surface area contributed by atoms with Gasteiger partial charge in [0.05, 0.1) is 5.69 Å². The predicted molar refractivity (Wildman–Crippen MR) is 71.5 cm³/mol. The summed E-state index contributed by atoms with van der Waals surface area (Å²) in [5, 5.41) is 0. The van der Waals surface area contributed by atoms with Gasteiger partial charge in [-0.25, -0.2) is 9.69 Å². The standard InChI is InChI=1S/C14H17N3O2/c1-9-6-7-16-12(9)13(18)17(14(16)19)11-4-2-10(8-15)3-5-11/h2-5,9,12H,6-8,15H2,1H3. The van der Waals surface area contributed by atoms with Crippen LogP contribution in [0.5, 0.6) is 0 Å². The Labute approximate surface area is 112 Å². The molecule has 0 radical (unpaired) electrons. The van der Waals surface area contributed by atoms with E-state index in [0.29, 0.717) is 18.8 Å². The first-order chi connectivity index (χ1) is 9.13. The Hall–Kier alpha value is -1.88. The summed E-state index contributed by atoms with van der Waals surface area (Å²) < 4.78 is 0. The molecule has 2 fully saturated rings. The van der Waals surface area contributed by atoms with Crippen molar-refractivity contribution in [2.75, 3.05) is 11.4 Å². The second-order valence-electron chi connectivity index (χ2n) is 5.23. The monoisotopic (exact) mass is 259 g/mol. The van der Waals surface area contributed by atoms with E-state index in [0.717, 1.165) is 12.0 Å². The molecule has 5 heteroatoms. The number of nitrogens with zero attached hydrogens (tertiary/aromatic N) is 2. The highest BCUT2D eigenvalue weighted by atomic mass is 16.2. The van der Waals surface area contributed by atoms with E-state index in [9.17, 15) is 9.59 Å². The van der Waals surface area contributed by atoms with Crippen LogP contribution in [0, 0.1) is 5.92 Å². The van der Waals surface area contributed by atoms with E-state index in [4.69, 9.17) is 5.73 Å². The van der Waals surface area contributed by atoms with Crippen LogP contribution < -0.4 is 10.6 Å². The van der Waals surface area contributed by atoms with Gasteiger partial charge in [-0.1, -0.05) is 19.1 Å². The number of anilines is 1. The second kappa shape index (κ2) is 4.35. The molecule has 2 heterocycles. The second-order valence-corrected chi connectivity index (χ2v) is 5.23. The third-order valence-corrected chi connectivity index (χ3v) is 4.04. The zero-order valence-electron chi connectivity index (χ0n) is 10.9. The highest BCUT2D eigenvalue weighted by Gasteiger charge is 2.51. The summed E-state index contributed by atoms with van der Waals surface area (Å²) in [5.41, 5.74) is 7.16. The topological polar surface area (TPSA) is 66.6 Å². The number of fused-ring (bicyclic) bond motifs is 1. The summed E-state index contributed by atoms with van der Waals surface area (Å²) in [4.78, 5) is 27.7. The van der Waals surface area contributed by atoms with Crippen molar-refractivity contribution < 1.29 is 9.59 Å². The van der Waals surface area contributed by atoms with Gasteiger partial charge in [-0.3, -0.25) is 4.79 Å². The van der Waals surface area contributed by atoms with E-state index in [1.54, 1.807) is 17.0 Å². The minimum atomic E-state index is -0.276. The number of hydrogen-bond donors (Lipinski definition) is 1. The van der Waals surface area contributed by atoms with Crippen molar-refractivity contribution >= 4 is 17.6 Å². The minimum absolute atomic E-state index is 0.101. The molecule has 0 saturated carbocycles. The summed E-state index contributed by atoms with van der Waals surface area (Å²) in [6, 6.07) is 6.79. The largest absolute Gasteiger partial charge is 0.332 e. The lowest BCUT2D eigenvalue weighted by atomic mass is 10.0. The van der Waals surface area contributed by atoms with Gasteiger partial charge in [-0.15, -0.1) is 0 Å². The molecule has 3 amide bonds. The van der Waals surface area contributed by atoms with Gasteiger partial charge in [0, 0.05) is 13.1 Å². The number of imide groups is 1. The Bertz CT molecular complexity index is 526. The highest BCUT2D eigenvalue weighted by molar-refractivity contribution is 6.21. The highest BCUT2D eigenvalue weighted by Crippen LogP contribution is 2.34. The summed E-state index contributed by atoms with van der Waals surface area (Å²) in [6.45, 7) is 3.15. The van der Waals surface area contributed by atoms with Crippen LogP contribution in [0.4, 0.5) is 10.5 Å². The molecule has 100 valence electrons. The number of amides is 3. The third-order valence-electron chi connectivity index (χ3n) is 4.04. The van der Waals surface area contributed by atoms with E-state index in [1.807, 2.05) is 19.1 Å². The Morgan fingerprint density at radius 1 is 1.26 bits per heavy atom. The lowest BCUT2D eigenvalue weighted by molar-refractivity contribution is -0.120. The van der Waals surface area contributed by atoms with E-state index in [1.165, 1.54) is 4.90 Å². The van der Waals surface area contributed by atoms with Crippen molar-refractivity contribution in [3.05, 3.63) is 29.8 Å². The lowest BCUT2D eigenvalue weighted by Crippen LogP contribution is -2.33. The van der Waals surface area contributed by atoms with Gasteiger partial charge in [-0.05, 0) is 30.0 Å². The molecule has 0 aliphatic carbocycles. The lowest BCUT2D eigenvalue weighted by Gasteiger charge is -2.15. The normalized spacial score (nSPS) is 26.2. The number of urea groups is 1. The van der Waals surface area contributed by atoms with Crippen LogP contribution in [-0.4, -0.2) is 29.4 Å². The Balaban J connectivity index is 1.93. The van der Waals surface area contributed by atoms with Crippen molar-refractivity contribution in [2.24, 2.45) is 11.7 Å². The molecule has 0 spiro atoms. The van der Waals surface area contributed by atoms with Crippen LogP contribution in [0.25, 0.3) is 0 Å². The first kappa shape index (κ1) is 12.2. The molecule has 3 rings (SSSR count). The molecule has 2 saturated heterocycles. The molecule has 19 heavy (non-hydrogen) atoms. The fourth-order valence-corrected chi connectivity index (χ4v) is 2.91. The Kier molecular flexibility index (Phi) is 2.78. The van der Waals surface area contributed by atoms with Gasteiger partial charge in [0.25, 0.3) is 5.91 Å². The number of carbonyl (C=O) groups is 2. The van der Waals surface area contributed by atoms with Gasteiger partial charge in [-0.2, -0.15) is 0 Å². The molecule has 2 atom stereocenters. The van der Waals surface area contributed by atoms with E-state index in [2.05, 4.69) is 0 Å². The van der Waals surface area contributed by atoms with E-state index >= 15 is 0 Å². The fourth-order valence-electron chi connectivity index (χ4n) is 2.91. The molecule has 2 unspecified atom stereocenters. The van der Waals surface area contributed by atoms with Crippen LogP contribution in [0.15, 0.2) is 24.3 Å². The number of nitrogens with two attached hydrogens (primary N) is 1. The molecule has 0 bridgehead atoms. The van der Waals surface area contributed by atoms with Crippen LogP contribution >= 0.6 is 0 Å². The molecule has 2 aliphatic rings. The summed E-state index contributed by atoms with van der Waals surface area (Å²) in [7, 11) is 0. The van der Waals surface area contributed by atoms with E-state index < -0.39 is 0 Å². The molecular weight excluding hydrogens is 242 g/mol. The van der Waals surface area contributed by atoms with Crippen molar-refractivity contribution in [3.8, 4) is 0 Å². The van der Waals surface area contributed by atoms with Crippen LogP contribution in [0.2, 0.25) is 0 Å². The summed E-state index contributed by atoms with van der Waals surface area (Å²) >= 11 is 0. The summed E-state index contributed by atoms with van der Waals surface area (Å²) in [5.74, 6) is 0.139. The van der Waals surface area contributed by atoms with Crippen LogP contribution in [0.1, 0.15) is 18.9 Å². The number of carbonyl (C=O) groups excluding carboxylic acids is 2. The quantitative estimate of drug-likeness (QED) is 0.815. The number of hydrogen-bond acceptors (Lipinski definition) is 3. The average Bonchev–Trinajstić information content (AvgIpc) is 2.91. The van der Waals surface area contributed by atoms with Crippen molar-refractivity contribution in [1.29, 1.82) is 0 Å². The number of benzene rings is 1. The smallest absolute Gasteiger partial charge is 0.326 e. The Morgan fingerprint density at radius 2 is 1.95 bits per heavy atom. The molecule has 2 aliphatic heterocycles. The molecule has 5 nitrogen and oxygen atoms in total. The van der Waals surface area contributed by atoms with Crippen molar-refractivity contribution in [2.45, 2.75) is 25.9 Å². The van der Waals surface area contributed by atoms with Crippen LogP contribution in [0.3, 0.4) is 0 Å². The van der Waals surface area contributed by atoms with Crippen LogP contribution in [-0.2, 0) is 11.3 Å². The SMILES string of the molecule is CC1CCN2C(=O)N(c3ccc(CN)cc3)C(=O)C12. The predicted octanol–water partition coefficient (Wildman–Crippen LogP) is 1.32. The molecular formula is C14H17N3O2. The molecule has 0 aromatic heterocycles. The first-order valence-corrected chi connectivity index (χ1v) is 6.57. The maximum atomic E-state index is 12.4. The van der Waals surface area contributed by atoms with Gasteiger partial charge in [0.2, 0.25) is 0 Å². The van der Waals surface area contributed by atoms with Gasteiger partial charge in [0.1, 0.15) is 6.04 Å². The molecule has 1 aromatic carbocycles. The fraction of sp³-hybridized carbons (Fsp3) is 0.429. The van der Waals surface area contributed by atoms with Gasteiger partial charge >= 0.3 is 6.03 Å². The van der Waals surface area contributed by atoms with Crippen molar-refractivity contribution in [1.82, 2.24) is 4.90 Å². The van der Waals surface area contributed by atoms with E-state index in [-0.39, 0.29) is 23.9 Å². The Morgan fingerprint density at radius 3 is 2.53 bits per heavy atom. The zero-order valence-corrected chi connectivity index (χ0v) is 10.9. The number of rotatable bonds is 2. The van der Waals surface area contributed by atoms with Gasteiger partial charge < -0.3 is 10.6 Å². The van der Waals surface area contributed by atoms with Crippen molar-refractivity contribution in [3.63, 3.8) is 0 Å².